The Kier molecular flexibility index (Phi) is 3.94. The maximum absolute atomic E-state index is 12.4. The second-order valence-corrected chi connectivity index (χ2v) is 7.09. The summed E-state index contributed by atoms with van der Waals surface area (Å²) >= 11 is 1.73. The Balaban J connectivity index is 1.44. The second-order valence-electron chi connectivity index (χ2n) is 6.09. The van der Waals surface area contributed by atoms with E-state index in [0.717, 1.165) is 36.1 Å². The summed E-state index contributed by atoms with van der Waals surface area (Å²) in [6.45, 7) is 2.66. The van der Waals surface area contributed by atoms with Gasteiger partial charge in [-0.15, -0.1) is 11.3 Å². The molecule has 1 N–H and O–H groups in total. The molecule has 5 heteroatoms. The van der Waals surface area contributed by atoms with Gasteiger partial charge in [-0.25, -0.2) is 0 Å². The fourth-order valence-electron chi connectivity index (χ4n) is 3.07. The number of amides is 1. The molecule has 1 aliphatic carbocycles. The lowest BCUT2D eigenvalue weighted by Gasteiger charge is -2.10. The predicted octanol–water partition coefficient (Wildman–Crippen LogP) is 3.78. The number of thiophene rings is 1. The Morgan fingerprint density at radius 2 is 2.08 bits per heavy atom. The van der Waals surface area contributed by atoms with E-state index in [1.54, 1.807) is 11.3 Å². The molecule has 1 aromatic carbocycles. The first kappa shape index (κ1) is 15.1. The maximum atomic E-state index is 12.4. The first-order valence-corrected chi connectivity index (χ1v) is 8.99. The third kappa shape index (κ3) is 2.76. The average molecular weight is 338 g/mol. The van der Waals surface area contributed by atoms with Crippen molar-refractivity contribution in [1.29, 1.82) is 0 Å². The molecule has 0 atom stereocenters. The summed E-state index contributed by atoms with van der Waals surface area (Å²) in [7, 11) is 0. The molecule has 0 unspecified atom stereocenters. The van der Waals surface area contributed by atoms with Crippen LogP contribution in [0.5, 0.6) is 0 Å². The number of hydrogen-bond donors (Lipinski definition) is 1. The van der Waals surface area contributed by atoms with Gasteiger partial charge in [-0.05, 0) is 43.2 Å². The number of nitrogens with zero attached hydrogens (tertiary/aromatic N) is 1. The zero-order valence-electron chi connectivity index (χ0n) is 13.5. The van der Waals surface area contributed by atoms with Crippen molar-refractivity contribution in [3.05, 3.63) is 63.0 Å². The summed E-state index contributed by atoms with van der Waals surface area (Å²) in [4.78, 5) is 13.8. The SMILES string of the molecule is Cc1ccc(CCNC(=O)c2noc3c2CCc2sccc2-3)cc1. The minimum Gasteiger partial charge on any atom is -0.355 e. The van der Waals surface area contributed by atoms with Crippen LogP contribution in [0.1, 0.15) is 32.1 Å². The lowest BCUT2D eigenvalue weighted by Crippen LogP contribution is -2.27. The molecule has 0 fully saturated rings. The second kappa shape index (κ2) is 6.24. The summed E-state index contributed by atoms with van der Waals surface area (Å²) < 4.78 is 5.47. The zero-order valence-corrected chi connectivity index (χ0v) is 14.3. The summed E-state index contributed by atoms with van der Waals surface area (Å²) in [6.07, 6.45) is 2.57. The quantitative estimate of drug-likeness (QED) is 0.787. The van der Waals surface area contributed by atoms with Crippen molar-refractivity contribution in [2.24, 2.45) is 0 Å². The van der Waals surface area contributed by atoms with E-state index in [0.29, 0.717) is 12.2 Å². The maximum Gasteiger partial charge on any atom is 0.273 e. The molecule has 0 aliphatic heterocycles. The van der Waals surface area contributed by atoms with Gasteiger partial charge in [-0.2, -0.15) is 0 Å². The highest BCUT2D eigenvalue weighted by Gasteiger charge is 2.27. The summed E-state index contributed by atoms with van der Waals surface area (Å²) in [5.74, 6) is 0.618. The smallest absolute Gasteiger partial charge is 0.273 e. The molecule has 24 heavy (non-hydrogen) atoms. The van der Waals surface area contributed by atoms with E-state index < -0.39 is 0 Å². The molecular formula is C19H18N2O2S. The molecule has 4 rings (SSSR count). The molecular weight excluding hydrogens is 320 g/mol. The van der Waals surface area contributed by atoms with E-state index in [1.807, 2.05) is 6.07 Å². The highest BCUT2D eigenvalue weighted by atomic mass is 32.1. The fraction of sp³-hybridized carbons (Fsp3) is 0.263. The lowest BCUT2D eigenvalue weighted by atomic mass is 9.95. The average Bonchev–Trinajstić information content (AvgIpc) is 3.22. The highest BCUT2D eigenvalue weighted by Crippen LogP contribution is 2.37. The number of fused-ring (bicyclic) bond motifs is 3. The van der Waals surface area contributed by atoms with Crippen molar-refractivity contribution in [3.63, 3.8) is 0 Å². The number of rotatable bonds is 4. The van der Waals surface area contributed by atoms with Crippen LogP contribution in [0.25, 0.3) is 11.3 Å². The van der Waals surface area contributed by atoms with Gasteiger partial charge in [-0.1, -0.05) is 35.0 Å². The van der Waals surface area contributed by atoms with Crippen LogP contribution in [0, 0.1) is 6.92 Å². The number of carbonyl (C=O) groups excluding carboxylic acids is 1. The molecule has 1 aliphatic rings. The Labute approximate surface area is 144 Å². The first-order chi connectivity index (χ1) is 11.7. The molecule has 0 saturated heterocycles. The van der Waals surface area contributed by atoms with Crippen LogP contribution in [0.3, 0.4) is 0 Å². The molecule has 2 aromatic heterocycles. The summed E-state index contributed by atoms with van der Waals surface area (Å²) in [6, 6.07) is 10.4. The van der Waals surface area contributed by atoms with Crippen LogP contribution < -0.4 is 5.32 Å². The standard InChI is InChI=1S/C19H18N2O2S/c1-12-2-4-13(5-3-12)8-10-20-19(22)17-15-6-7-16-14(9-11-24-16)18(15)23-21-17/h2-5,9,11H,6-8,10H2,1H3,(H,20,22). The van der Waals surface area contributed by atoms with Gasteiger partial charge in [0, 0.05) is 22.5 Å². The number of nitrogens with one attached hydrogen (secondary N) is 1. The number of aryl methyl sites for hydroxylation is 2. The van der Waals surface area contributed by atoms with E-state index in [1.165, 1.54) is 16.0 Å². The summed E-state index contributed by atoms with van der Waals surface area (Å²) in [5.41, 5.74) is 4.92. The zero-order chi connectivity index (χ0) is 16.5. The van der Waals surface area contributed by atoms with E-state index in [4.69, 9.17) is 4.52 Å². The molecule has 3 aromatic rings. The molecule has 1 amide bonds. The van der Waals surface area contributed by atoms with Gasteiger partial charge in [0.15, 0.2) is 11.5 Å². The first-order valence-electron chi connectivity index (χ1n) is 8.11. The normalized spacial score (nSPS) is 12.5. The summed E-state index contributed by atoms with van der Waals surface area (Å²) in [5, 5.41) is 9.05. The van der Waals surface area contributed by atoms with Crippen molar-refractivity contribution < 1.29 is 9.32 Å². The van der Waals surface area contributed by atoms with Crippen LogP contribution in [0.2, 0.25) is 0 Å². The Hall–Kier alpha value is -2.40. The largest absolute Gasteiger partial charge is 0.355 e. The van der Waals surface area contributed by atoms with Gasteiger partial charge in [0.05, 0.1) is 0 Å². The van der Waals surface area contributed by atoms with Crippen molar-refractivity contribution in [3.8, 4) is 11.3 Å². The lowest BCUT2D eigenvalue weighted by molar-refractivity contribution is 0.0944. The molecule has 4 nitrogen and oxygen atoms in total. The van der Waals surface area contributed by atoms with Gasteiger partial charge in [0.2, 0.25) is 0 Å². The van der Waals surface area contributed by atoms with Gasteiger partial charge in [-0.3, -0.25) is 4.79 Å². The molecule has 0 spiro atoms. The third-order valence-electron chi connectivity index (χ3n) is 4.42. The number of benzene rings is 1. The monoisotopic (exact) mass is 338 g/mol. The minimum absolute atomic E-state index is 0.147. The van der Waals surface area contributed by atoms with E-state index >= 15 is 0 Å². The van der Waals surface area contributed by atoms with Crippen molar-refractivity contribution in [2.45, 2.75) is 26.2 Å². The van der Waals surface area contributed by atoms with Crippen LogP contribution >= 0.6 is 11.3 Å². The fourth-order valence-corrected chi connectivity index (χ4v) is 3.94. The molecule has 0 radical (unpaired) electrons. The Bertz CT molecular complexity index is 877. The molecule has 2 heterocycles. The van der Waals surface area contributed by atoms with Gasteiger partial charge < -0.3 is 9.84 Å². The number of hydrogen-bond acceptors (Lipinski definition) is 4. The molecule has 0 bridgehead atoms. The van der Waals surface area contributed by atoms with Crippen LogP contribution in [0.4, 0.5) is 0 Å². The van der Waals surface area contributed by atoms with Crippen molar-refractivity contribution in [1.82, 2.24) is 10.5 Å². The van der Waals surface area contributed by atoms with Gasteiger partial charge >= 0.3 is 0 Å². The van der Waals surface area contributed by atoms with Gasteiger partial charge in [0.25, 0.3) is 5.91 Å². The molecule has 0 saturated carbocycles. The predicted molar refractivity (Wildman–Crippen MR) is 94.4 cm³/mol. The van der Waals surface area contributed by atoms with Crippen molar-refractivity contribution >= 4 is 17.2 Å². The van der Waals surface area contributed by atoms with Crippen molar-refractivity contribution in [2.75, 3.05) is 6.54 Å². The van der Waals surface area contributed by atoms with Crippen LogP contribution in [-0.2, 0) is 19.3 Å². The number of aromatic nitrogens is 1. The van der Waals surface area contributed by atoms with E-state index in [-0.39, 0.29) is 5.91 Å². The third-order valence-corrected chi connectivity index (χ3v) is 5.40. The topological polar surface area (TPSA) is 55.1 Å². The highest BCUT2D eigenvalue weighted by molar-refractivity contribution is 7.10. The van der Waals surface area contributed by atoms with E-state index in [2.05, 4.69) is 47.0 Å². The van der Waals surface area contributed by atoms with Crippen LogP contribution in [0.15, 0.2) is 40.2 Å². The Morgan fingerprint density at radius 3 is 2.92 bits per heavy atom. The van der Waals surface area contributed by atoms with E-state index in [9.17, 15) is 4.79 Å². The van der Waals surface area contributed by atoms with Gasteiger partial charge in [0.1, 0.15) is 0 Å². The Morgan fingerprint density at radius 1 is 1.25 bits per heavy atom. The van der Waals surface area contributed by atoms with Crippen LogP contribution in [-0.4, -0.2) is 17.6 Å². The molecule has 122 valence electrons. The minimum atomic E-state index is -0.147. The number of carbonyl (C=O) groups is 1.